The Hall–Kier alpha value is 0.160. The summed E-state index contributed by atoms with van der Waals surface area (Å²) in [6, 6.07) is 0. The van der Waals surface area contributed by atoms with Crippen LogP contribution in [0, 0.1) is 5.92 Å². The van der Waals surface area contributed by atoms with Gasteiger partial charge in [0.15, 0.2) is 0 Å². The van der Waals surface area contributed by atoms with Crippen LogP contribution in [0.15, 0.2) is 0 Å². The molecule has 0 aromatic carbocycles. The third kappa shape index (κ3) is 6.60. The molecule has 0 saturated heterocycles. The van der Waals surface area contributed by atoms with Gasteiger partial charge < -0.3 is 5.73 Å². The van der Waals surface area contributed by atoms with Gasteiger partial charge in [0.05, 0.1) is 5.75 Å². The molecule has 1 saturated carbocycles. The molecule has 0 bridgehead atoms. The molecule has 4 nitrogen and oxygen atoms in total. The highest BCUT2D eigenvalue weighted by Gasteiger charge is 2.26. The molecular weight excluding hydrogens is 260 g/mol. The molecule has 1 aliphatic carbocycles. The Balaban J connectivity index is 0.00000256. The van der Waals surface area contributed by atoms with E-state index in [1.54, 1.807) is 0 Å². The van der Waals surface area contributed by atoms with E-state index >= 15 is 0 Å². The summed E-state index contributed by atoms with van der Waals surface area (Å²) in [6.45, 7) is 4.33. The number of nitrogens with two attached hydrogens (primary N) is 1. The first-order valence-corrected chi connectivity index (χ1v) is 7.82. The van der Waals surface area contributed by atoms with Gasteiger partial charge in [0.25, 0.3) is 0 Å². The van der Waals surface area contributed by atoms with Crippen LogP contribution >= 0.6 is 12.4 Å². The van der Waals surface area contributed by atoms with E-state index in [-0.39, 0.29) is 18.2 Å². The SMILES string of the molecule is CCC(N)(CC)CNS(=O)(=O)CCC1CC1.Cl. The molecule has 1 rings (SSSR count). The number of nitrogens with one attached hydrogen (secondary N) is 1. The van der Waals surface area contributed by atoms with Crippen LogP contribution in [0.2, 0.25) is 0 Å². The predicted octanol–water partition coefficient (Wildman–Crippen LogP) is 1.65. The first-order valence-electron chi connectivity index (χ1n) is 6.17. The fourth-order valence-electron chi connectivity index (χ4n) is 1.55. The van der Waals surface area contributed by atoms with Crippen LogP contribution in [-0.4, -0.2) is 26.3 Å². The van der Waals surface area contributed by atoms with Crippen molar-refractivity contribution in [2.24, 2.45) is 11.7 Å². The van der Waals surface area contributed by atoms with Crippen molar-refractivity contribution in [2.45, 2.75) is 51.5 Å². The smallest absolute Gasteiger partial charge is 0.211 e. The largest absolute Gasteiger partial charge is 0.324 e. The summed E-state index contributed by atoms with van der Waals surface area (Å²) in [5, 5.41) is 0. The van der Waals surface area contributed by atoms with Gasteiger partial charge in [0.2, 0.25) is 10.0 Å². The molecular formula is C11H25ClN2O2S. The summed E-state index contributed by atoms with van der Waals surface area (Å²) < 4.78 is 26.0. The summed E-state index contributed by atoms with van der Waals surface area (Å²) in [6.07, 6.45) is 4.76. The number of halogens is 1. The van der Waals surface area contributed by atoms with Crippen LogP contribution in [0.4, 0.5) is 0 Å². The van der Waals surface area contributed by atoms with Gasteiger partial charge in [-0.2, -0.15) is 0 Å². The predicted molar refractivity (Wildman–Crippen MR) is 73.9 cm³/mol. The second-order valence-electron chi connectivity index (χ2n) is 4.94. The highest BCUT2D eigenvalue weighted by molar-refractivity contribution is 7.89. The fraction of sp³-hybridized carbons (Fsp3) is 1.00. The van der Waals surface area contributed by atoms with Gasteiger partial charge >= 0.3 is 0 Å². The van der Waals surface area contributed by atoms with Gasteiger partial charge in [-0.05, 0) is 25.2 Å². The monoisotopic (exact) mass is 284 g/mol. The lowest BCUT2D eigenvalue weighted by atomic mass is 9.95. The third-order valence-corrected chi connectivity index (χ3v) is 4.90. The molecule has 104 valence electrons. The summed E-state index contributed by atoms with van der Waals surface area (Å²) in [5.41, 5.74) is 5.65. The topological polar surface area (TPSA) is 72.2 Å². The fourth-order valence-corrected chi connectivity index (χ4v) is 2.85. The number of hydrogen-bond acceptors (Lipinski definition) is 3. The van der Waals surface area contributed by atoms with E-state index in [2.05, 4.69) is 4.72 Å². The van der Waals surface area contributed by atoms with Gasteiger partial charge in [-0.25, -0.2) is 13.1 Å². The summed E-state index contributed by atoms with van der Waals surface area (Å²) in [4.78, 5) is 0. The molecule has 3 N–H and O–H groups in total. The van der Waals surface area contributed by atoms with Crippen molar-refractivity contribution in [1.29, 1.82) is 0 Å². The van der Waals surface area contributed by atoms with Gasteiger partial charge in [-0.1, -0.05) is 26.7 Å². The maximum Gasteiger partial charge on any atom is 0.211 e. The zero-order valence-corrected chi connectivity index (χ0v) is 12.4. The van der Waals surface area contributed by atoms with Crippen molar-refractivity contribution >= 4 is 22.4 Å². The molecule has 0 spiro atoms. The lowest BCUT2D eigenvalue weighted by Gasteiger charge is -2.26. The van der Waals surface area contributed by atoms with Crippen molar-refractivity contribution in [1.82, 2.24) is 4.72 Å². The van der Waals surface area contributed by atoms with Gasteiger partial charge in [-0.3, -0.25) is 0 Å². The number of hydrogen-bond donors (Lipinski definition) is 2. The lowest BCUT2D eigenvalue weighted by Crippen LogP contribution is -2.49. The second-order valence-corrected chi connectivity index (χ2v) is 6.87. The minimum absolute atomic E-state index is 0. The van der Waals surface area contributed by atoms with E-state index in [0.29, 0.717) is 12.5 Å². The molecule has 0 heterocycles. The molecule has 1 aliphatic rings. The molecule has 0 unspecified atom stereocenters. The number of rotatable bonds is 8. The maximum atomic E-state index is 11.7. The average molecular weight is 285 g/mol. The van der Waals surface area contributed by atoms with Crippen LogP contribution in [0.3, 0.4) is 0 Å². The van der Waals surface area contributed by atoms with Gasteiger partial charge in [0.1, 0.15) is 0 Å². The van der Waals surface area contributed by atoms with Crippen LogP contribution in [0.5, 0.6) is 0 Å². The van der Waals surface area contributed by atoms with E-state index < -0.39 is 15.6 Å². The minimum Gasteiger partial charge on any atom is -0.324 e. The first kappa shape index (κ1) is 17.2. The van der Waals surface area contributed by atoms with Crippen molar-refractivity contribution in [3.63, 3.8) is 0 Å². The Kier molecular flexibility index (Phi) is 6.99. The molecule has 0 amide bonds. The summed E-state index contributed by atoms with van der Waals surface area (Å²) in [7, 11) is -3.12. The summed E-state index contributed by atoms with van der Waals surface area (Å²) >= 11 is 0. The third-order valence-electron chi connectivity index (χ3n) is 3.54. The molecule has 0 aromatic rings. The highest BCUT2D eigenvalue weighted by atomic mass is 35.5. The van der Waals surface area contributed by atoms with Crippen LogP contribution in [-0.2, 0) is 10.0 Å². The van der Waals surface area contributed by atoms with E-state index in [9.17, 15) is 8.42 Å². The van der Waals surface area contributed by atoms with E-state index in [4.69, 9.17) is 5.73 Å². The average Bonchev–Trinajstić information content (AvgIpc) is 3.07. The Morgan fingerprint density at radius 2 is 1.82 bits per heavy atom. The Labute approximate surface area is 111 Å². The molecule has 0 aliphatic heterocycles. The zero-order chi connectivity index (χ0) is 12.2. The van der Waals surface area contributed by atoms with Crippen LogP contribution in [0.1, 0.15) is 46.0 Å². The Bertz CT molecular complexity index is 311. The molecule has 17 heavy (non-hydrogen) atoms. The standard InChI is InChI=1S/C11H24N2O2S.ClH/c1-3-11(12,4-2)9-13-16(14,15)8-7-10-5-6-10;/h10,13H,3-9,12H2,1-2H3;1H. The van der Waals surface area contributed by atoms with Crippen LogP contribution in [0.25, 0.3) is 0 Å². The van der Waals surface area contributed by atoms with Gasteiger partial charge in [-0.15, -0.1) is 12.4 Å². The Morgan fingerprint density at radius 1 is 1.29 bits per heavy atom. The van der Waals surface area contributed by atoms with E-state index in [0.717, 1.165) is 19.3 Å². The first-order chi connectivity index (χ1) is 7.41. The zero-order valence-electron chi connectivity index (χ0n) is 10.7. The summed E-state index contributed by atoms with van der Waals surface area (Å²) in [5.74, 6) is 0.901. The van der Waals surface area contributed by atoms with E-state index in [1.165, 1.54) is 12.8 Å². The molecule has 0 aromatic heterocycles. The maximum absolute atomic E-state index is 11.7. The quantitative estimate of drug-likeness (QED) is 0.712. The van der Waals surface area contributed by atoms with Crippen molar-refractivity contribution in [3.8, 4) is 0 Å². The highest BCUT2D eigenvalue weighted by Crippen LogP contribution is 2.32. The molecule has 1 fully saturated rings. The van der Waals surface area contributed by atoms with Crippen molar-refractivity contribution in [2.75, 3.05) is 12.3 Å². The van der Waals surface area contributed by atoms with Crippen LogP contribution < -0.4 is 10.5 Å². The molecule has 0 radical (unpaired) electrons. The number of sulfonamides is 1. The van der Waals surface area contributed by atoms with Crippen molar-refractivity contribution in [3.05, 3.63) is 0 Å². The lowest BCUT2D eigenvalue weighted by molar-refractivity contribution is 0.391. The van der Waals surface area contributed by atoms with E-state index in [1.807, 2.05) is 13.8 Å². The van der Waals surface area contributed by atoms with Gasteiger partial charge in [0, 0.05) is 12.1 Å². The van der Waals surface area contributed by atoms with Crippen molar-refractivity contribution < 1.29 is 8.42 Å². The Morgan fingerprint density at radius 3 is 2.24 bits per heavy atom. The molecule has 0 atom stereocenters. The molecule has 6 heteroatoms. The minimum atomic E-state index is -3.12. The normalized spacial score (nSPS) is 16.6. The second kappa shape index (κ2) is 6.92.